The fraction of sp³-hybridized carbons (Fsp3) is 0.290. The van der Waals surface area contributed by atoms with Gasteiger partial charge in [-0.05, 0) is 29.7 Å². The molecule has 218 valence electrons. The number of hydrogen-bond donors (Lipinski definition) is 1. The highest BCUT2D eigenvalue weighted by atomic mass is 32.2. The van der Waals surface area contributed by atoms with Crippen molar-refractivity contribution in [1.82, 2.24) is 9.58 Å². The van der Waals surface area contributed by atoms with E-state index < -0.39 is 23.9 Å². The lowest BCUT2D eigenvalue weighted by Gasteiger charge is -2.44. The third-order valence-electron chi connectivity index (χ3n) is 7.34. The molecule has 0 bridgehead atoms. The van der Waals surface area contributed by atoms with E-state index in [4.69, 9.17) is 14.2 Å². The summed E-state index contributed by atoms with van der Waals surface area (Å²) in [6.45, 7) is 6.20. The first-order valence-corrected chi connectivity index (χ1v) is 14.3. The van der Waals surface area contributed by atoms with Crippen LogP contribution < -0.4 is 10.9 Å². The third kappa shape index (κ3) is 5.86. The first-order chi connectivity index (χ1) is 20.4. The van der Waals surface area contributed by atoms with E-state index in [0.717, 1.165) is 21.8 Å². The number of morpholine rings is 1. The first kappa shape index (κ1) is 29.2. The molecule has 11 heteroatoms. The number of pyridine rings is 1. The summed E-state index contributed by atoms with van der Waals surface area (Å²) >= 11 is 1.57. The van der Waals surface area contributed by atoms with Crippen LogP contribution in [0, 0.1) is 24.5 Å². The van der Waals surface area contributed by atoms with Crippen molar-refractivity contribution in [2.24, 2.45) is 0 Å². The lowest BCUT2D eigenvalue weighted by molar-refractivity contribution is 0.0232. The Bertz CT molecular complexity index is 1590. The van der Waals surface area contributed by atoms with Crippen molar-refractivity contribution in [3.05, 3.63) is 105 Å². The predicted molar refractivity (Wildman–Crippen MR) is 155 cm³/mol. The molecule has 4 aliphatic rings. The summed E-state index contributed by atoms with van der Waals surface area (Å²) in [6, 6.07) is 12.4. The Morgan fingerprint density at radius 3 is 2.67 bits per heavy atom. The molecule has 0 radical (unpaired) electrons. The highest BCUT2D eigenvalue weighted by Crippen LogP contribution is 2.35. The van der Waals surface area contributed by atoms with E-state index in [9.17, 15) is 18.4 Å². The second-order valence-corrected chi connectivity index (χ2v) is 10.8. The van der Waals surface area contributed by atoms with Crippen LogP contribution in [0.3, 0.4) is 0 Å². The van der Waals surface area contributed by atoms with Gasteiger partial charge in [-0.2, -0.15) is 0 Å². The maximum absolute atomic E-state index is 13.7. The topological polar surface area (TPSA) is 82.0 Å². The number of ether oxygens (including phenoxy) is 3. The normalized spacial score (nSPS) is 19.9. The molecule has 1 N–H and O–H groups in total. The SMILES string of the molecule is C#C.C=C1c2c(CC3COC(=O)O3)c(=O)ccn2N[C@@H]2COCCN12.Fc1ccc2c(c1F)CSc1ccccc1C2. The Kier molecular flexibility index (Phi) is 8.85. The number of fused-ring (bicyclic) bond motifs is 4. The molecule has 2 fully saturated rings. The molecular weight excluding hydrogens is 564 g/mol. The van der Waals surface area contributed by atoms with Crippen molar-refractivity contribution in [1.29, 1.82) is 0 Å². The smallest absolute Gasteiger partial charge is 0.430 e. The average molecular weight is 594 g/mol. The Hall–Kier alpha value is -4.27. The molecular formula is C31H29F2N3O5S. The molecule has 0 spiro atoms. The summed E-state index contributed by atoms with van der Waals surface area (Å²) < 4.78 is 44.0. The minimum absolute atomic E-state index is 0.00764. The van der Waals surface area contributed by atoms with Crippen LogP contribution in [0.2, 0.25) is 0 Å². The van der Waals surface area contributed by atoms with Crippen LogP contribution in [0.15, 0.2) is 64.9 Å². The molecule has 4 aliphatic heterocycles. The average Bonchev–Trinajstić information content (AvgIpc) is 3.32. The zero-order valence-electron chi connectivity index (χ0n) is 22.7. The van der Waals surface area contributed by atoms with Crippen LogP contribution in [0.5, 0.6) is 0 Å². The number of aromatic nitrogens is 1. The molecule has 2 saturated heterocycles. The highest BCUT2D eigenvalue weighted by molar-refractivity contribution is 7.98. The number of benzene rings is 2. The molecule has 0 amide bonds. The standard InChI is InChI=1S/C15H17N3O5.C14H10F2S.C2H2/c1-9-14-11(6-10-7-22-15(20)23-10)12(19)2-3-18(14)16-13-8-21-5-4-17(9)13;15-12-6-5-9-7-10-3-1-2-4-13(10)17-8-11(9)14(12)16;1-2/h2-3,10,13,16H,1,4-8H2;1-6H,7-8H2;1-2H/t10?,13-;;/m0../s1. The van der Waals surface area contributed by atoms with Crippen LogP contribution in [0.25, 0.3) is 5.70 Å². The second kappa shape index (κ2) is 12.7. The van der Waals surface area contributed by atoms with Crippen LogP contribution in [-0.2, 0) is 32.8 Å². The maximum atomic E-state index is 13.7. The number of rotatable bonds is 2. The van der Waals surface area contributed by atoms with E-state index in [2.05, 4.69) is 29.8 Å². The van der Waals surface area contributed by atoms with Crippen molar-refractivity contribution in [3.8, 4) is 12.8 Å². The largest absolute Gasteiger partial charge is 0.508 e. The number of carbonyl (C=O) groups excluding carboxylic acids is 1. The number of terminal acetylenes is 1. The maximum Gasteiger partial charge on any atom is 0.508 e. The van der Waals surface area contributed by atoms with Crippen LogP contribution in [-0.4, -0.2) is 54.4 Å². The van der Waals surface area contributed by atoms with Gasteiger partial charge in [0.25, 0.3) is 0 Å². The molecule has 1 unspecified atom stereocenters. The number of thioether (sulfide) groups is 1. The molecule has 5 heterocycles. The molecule has 8 nitrogen and oxygen atoms in total. The number of nitrogens with zero attached hydrogens (tertiary/aromatic N) is 2. The van der Waals surface area contributed by atoms with Gasteiger partial charge in [-0.25, -0.2) is 13.6 Å². The zero-order valence-corrected chi connectivity index (χ0v) is 23.5. The van der Waals surface area contributed by atoms with E-state index in [-0.39, 0.29) is 18.2 Å². The van der Waals surface area contributed by atoms with Crippen molar-refractivity contribution < 1.29 is 27.8 Å². The van der Waals surface area contributed by atoms with Crippen molar-refractivity contribution in [3.63, 3.8) is 0 Å². The molecule has 42 heavy (non-hydrogen) atoms. The summed E-state index contributed by atoms with van der Waals surface area (Å²) in [7, 11) is 0. The summed E-state index contributed by atoms with van der Waals surface area (Å²) in [5.41, 5.74) is 7.85. The van der Waals surface area contributed by atoms with E-state index in [1.807, 2.05) is 24.3 Å². The Balaban J connectivity index is 0.000000165. The molecule has 7 rings (SSSR count). The minimum Gasteiger partial charge on any atom is -0.430 e. The summed E-state index contributed by atoms with van der Waals surface area (Å²) in [5.74, 6) is -0.950. The highest BCUT2D eigenvalue weighted by Gasteiger charge is 2.34. The molecule has 1 aromatic heterocycles. The van der Waals surface area contributed by atoms with E-state index in [0.29, 0.717) is 49.5 Å². The van der Waals surface area contributed by atoms with Gasteiger partial charge in [-0.1, -0.05) is 30.8 Å². The van der Waals surface area contributed by atoms with Gasteiger partial charge in [-0.15, -0.1) is 24.6 Å². The monoisotopic (exact) mass is 593 g/mol. The number of nitrogens with one attached hydrogen (secondary N) is 1. The number of cyclic esters (lactones) is 2. The molecule has 3 aromatic rings. The molecule has 2 aromatic carbocycles. The van der Waals surface area contributed by atoms with Crippen molar-refractivity contribution in [2.45, 2.75) is 35.8 Å². The van der Waals surface area contributed by atoms with Crippen LogP contribution in [0.1, 0.15) is 27.9 Å². The summed E-state index contributed by atoms with van der Waals surface area (Å²) in [6.07, 6.45) is 9.52. The van der Waals surface area contributed by atoms with Crippen LogP contribution >= 0.6 is 11.8 Å². The summed E-state index contributed by atoms with van der Waals surface area (Å²) in [4.78, 5) is 26.7. The fourth-order valence-electron chi connectivity index (χ4n) is 5.32. The molecule has 2 atom stereocenters. The summed E-state index contributed by atoms with van der Waals surface area (Å²) in [5, 5.41) is 0. The first-order valence-electron chi connectivity index (χ1n) is 13.3. The molecule has 0 aliphatic carbocycles. The molecule has 0 saturated carbocycles. The third-order valence-corrected chi connectivity index (χ3v) is 8.48. The lowest BCUT2D eigenvalue weighted by atomic mass is 10.0. The quantitative estimate of drug-likeness (QED) is 0.343. The number of halogens is 2. The Labute approximate surface area is 246 Å². The van der Waals surface area contributed by atoms with Crippen molar-refractivity contribution >= 4 is 23.6 Å². The lowest BCUT2D eigenvalue weighted by Crippen LogP contribution is -2.55. The van der Waals surface area contributed by atoms with Gasteiger partial charge in [0.1, 0.15) is 18.9 Å². The Morgan fingerprint density at radius 2 is 1.88 bits per heavy atom. The van der Waals surface area contributed by atoms with Gasteiger partial charge in [0.15, 0.2) is 17.1 Å². The Morgan fingerprint density at radius 1 is 1.07 bits per heavy atom. The van der Waals surface area contributed by atoms with Gasteiger partial charge < -0.3 is 24.5 Å². The van der Waals surface area contributed by atoms with E-state index in [1.54, 1.807) is 28.7 Å². The fourth-order valence-corrected chi connectivity index (χ4v) is 6.43. The minimum atomic E-state index is -0.754. The van der Waals surface area contributed by atoms with E-state index in [1.165, 1.54) is 17.7 Å². The van der Waals surface area contributed by atoms with Gasteiger partial charge in [-0.3, -0.25) is 9.47 Å². The van der Waals surface area contributed by atoms with Gasteiger partial charge in [0.2, 0.25) is 0 Å². The predicted octanol–water partition coefficient (Wildman–Crippen LogP) is 4.52. The number of carbonyl (C=O) groups is 1. The van der Waals surface area contributed by atoms with Gasteiger partial charge in [0, 0.05) is 47.0 Å². The van der Waals surface area contributed by atoms with Crippen LogP contribution in [0.4, 0.5) is 13.6 Å². The van der Waals surface area contributed by atoms with Gasteiger partial charge >= 0.3 is 6.16 Å². The van der Waals surface area contributed by atoms with Crippen molar-refractivity contribution in [2.75, 3.05) is 31.8 Å². The number of hydrogen-bond acceptors (Lipinski definition) is 8. The van der Waals surface area contributed by atoms with Gasteiger partial charge in [0.05, 0.1) is 24.6 Å². The zero-order chi connectivity index (χ0) is 29.8. The van der Waals surface area contributed by atoms with E-state index >= 15 is 0 Å². The second-order valence-electron chi connectivity index (χ2n) is 9.81.